The summed E-state index contributed by atoms with van der Waals surface area (Å²) in [7, 11) is 1.39. The van der Waals surface area contributed by atoms with Gasteiger partial charge in [-0.3, -0.25) is 4.79 Å². The van der Waals surface area contributed by atoms with Gasteiger partial charge in [-0.05, 0) is 30.3 Å². The number of carbonyl (C=O) groups is 1. The lowest BCUT2D eigenvalue weighted by Gasteiger charge is -2.36. The van der Waals surface area contributed by atoms with E-state index < -0.39 is 29.7 Å². The van der Waals surface area contributed by atoms with Crippen LogP contribution in [0.5, 0.6) is 11.5 Å². The monoisotopic (exact) mass is 397 g/mol. The molecule has 0 spiro atoms. The maximum absolute atomic E-state index is 13.6. The van der Waals surface area contributed by atoms with Gasteiger partial charge in [-0.2, -0.15) is 0 Å². The Balaban J connectivity index is 1.67. The summed E-state index contributed by atoms with van der Waals surface area (Å²) in [6, 6.07) is 7.68. The number of halogens is 3. The number of rotatable bonds is 4. The quantitative estimate of drug-likeness (QED) is 0.860. The van der Waals surface area contributed by atoms with E-state index in [2.05, 4.69) is 0 Å². The predicted octanol–water partition coefficient (Wildman–Crippen LogP) is 3.28. The summed E-state index contributed by atoms with van der Waals surface area (Å²) in [6.45, 7) is 0.339. The van der Waals surface area contributed by atoms with E-state index in [0.29, 0.717) is 18.7 Å². The van der Waals surface area contributed by atoms with Crippen molar-refractivity contribution in [2.75, 3.05) is 20.2 Å². The largest absolute Gasteiger partial charge is 0.493 e. The molecule has 1 amide bonds. The van der Waals surface area contributed by atoms with Gasteiger partial charge in [0, 0.05) is 24.6 Å². The zero-order valence-corrected chi connectivity index (χ0v) is 15.2. The number of benzene rings is 2. The molecule has 0 aromatic heterocycles. The summed E-state index contributed by atoms with van der Waals surface area (Å²) in [6.07, 6.45) is -1.20. The second-order valence-electron chi connectivity index (χ2n) is 6.19. The topological polar surface area (TPSA) is 59.0 Å². The number of β-amino-alcohol motifs (C(OH)–C–C–N with tert-alkyl or cyclic N) is 1. The molecule has 8 heteroatoms. The van der Waals surface area contributed by atoms with Crippen molar-refractivity contribution in [3.63, 3.8) is 0 Å². The highest BCUT2D eigenvalue weighted by Gasteiger charge is 2.32. The summed E-state index contributed by atoms with van der Waals surface area (Å²) >= 11 is 5.63. The zero-order chi connectivity index (χ0) is 19.6. The lowest BCUT2D eigenvalue weighted by Crippen LogP contribution is -2.51. The number of carbonyl (C=O) groups excluding carboxylic acids is 1. The molecule has 2 aromatic carbocycles. The van der Waals surface area contributed by atoms with E-state index in [0.717, 1.165) is 6.07 Å². The second kappa shape index (κ2) is 8.10. The maximum Gasteiger partial charge on any atom is 0.254 e. The fourth-order valence-corrected chi connectivity index (χ4v) is 3.06. The summed E-state index contributed by atoms with van der Waals surface area (Å²) in [5.74, 6) is -1.01. The third kappa shape index (κ3) is 4.31. The highest BCUT2D eigenvalue weighted by Crippen LogP contribution is 2.30. The number of likely N-dealkylation sites (tertiary alicyclic amines) is 1. The smallest absolute Gasteiger partial charge is 0.254 e. The maximum atomic E-state index is 13.6. The van der Waals surface area contributed by atoms with E-state index in [1.165, 1.54) is 42.3 Å². The Morgan fingerprint density at radius 1 is 1.22 bits per heavy atom. The minimum atomic E-state index is -0.963. The number of amides is 1. The van der Waals surface area contributed by atoms with Crippen LogP contribution in [0.3, 0.4) is 0 Å². The Morgan fingerprint density at radius 3 is 2.67 bits per heavy atom. The Kier molecular flexibility index (Phi) is 5.82. The van der Waals surface area contributed by atoms with Gasteiger partial charge in [0.05, 0.1) is 18.7 Å². The van der Waals surface area contributed by atoms with Crippen LogP contribution in [0.2, 0.25) is 5.02 Å². The van der Waals surface area contributed by atoms with Crippen molar-refractivity contribution in [2.45, 2.75) is 18.6 Å². The van der Waals surface area contributed by atoms with Crippen molar-refractivity contribution in [3.8, 4) is 11.5 Å². The van der Waals surface area contributed by atoms with E-state index in [-0.39, 0.29) is 22.9 Å². The molecule has 27 heavy (non-hydrogen) atoms. The van der Waals surface area contributed by atoms with Crippen LogP contribution in [0.1, 0.15) is 16.8 Å². The Labute approximate surface area is 160 Å². The highest BCUT2D eigenvalue weighted by molar-refractivity contribution is 6.30. The summed E-state index contributed by atoms with van der Waals surface area (Å²) in [5.41, 5.74) is 0.156. The van der Waals surface area contributed by atoms with Crippen molar-refractivity contribution >= 4 is 17.5 Å². The van der Waals surface area contributed by atoms with E-state index in [4.69, 9.17) is 21.1 Å². The third-order valence-corrected chi connectivity index (χ3v) is 4.68. The first-order chi connectivity index (χ1) is 12.9. The van der Waals surface area contributed by atoms with Gasteiger partial charge in [-0.15, -0.1) is 0 Å². The van der Waals surface area contributed by atoms with Crippen LogP contribution >= 0.6 is 11.6 Å². The SMILES string of the molecule is COc1cc(F)ccc1O[C@@H]1CCN(C(=O)c2ccc(Cl)c(F)c2)C[C@H]1O. The average Bonchev–Trinajstić information content (AvgIpc) is 2.66. The average molecular weight is 398 g/mol. The van der Waals surface area contributed by atoms with Crippen LogP contribution in [-0.4, -0.2) is 48.3 Å². The van der Waals surface area contributed by atoms with Crippen molar-refractivity contribution < 1.29 is 28.2 Å². The molecular weight excluding hydrogens is 380 g/mol. The van der Waals surface area contributed by atoms with Gasteiger partial charge >= 0.3 is 0 Å². The number of methoxy groups -OCH3 is 1. The molecule has 0 radical (unpaired) electrons. The molecule has 3 rings (SSSR count). The second-order valence-corrected chi connectivity index (χ2v) is 6.59. The van der Waals surface area contributed by atoms with Crippen molar-refractivity contribution in [2.24, 2.45) is 0 Å². The molecule has 0 unspecified atom stereocenters. The van der Waals surface area contributed by atoms with Crippen LogP contribution in [0.15, 0.2) is 36.4 Å². The molecule has 1 N–H and O–H groups in total. The van der Waals surface area contributed by atoms with Gasteiger partial charge in [0.1, 0.15) is 23.8 Å². The molecule has 5 nitrogen and oxygen atoms in total. The molecule has 2 atom stereocenters. The lowest BCUT2D eigenvalue weighted by atomic mass is 10.0. The Bertz CT molecular complexity index is 848. The number of hydrogen-bond donors (Lipinski definition) is 1. The Morgan fingerprint density at radius 2 is 2.00 bits per heavy atom. The molecule has 0 saturated carbocycles. The van der Waals surface area contributed by atoms with E-state index in [1.807, 2.05) is 0 Å². The summed E-state index contributed by atoms with van der Waals surface area (Å²) < 4.78 is 37.7. The van der Waals surface area contributed by atoms with Crippen LogP contribution in [0.25, 0.3) is 0 Å². The standard InChI is InChI=1S/C19H18ClF2NO4/c1-26-18-9-12(21)3-5-17(18)27-16-6-7-23(10-15(16)24)19(25)11-2-4-13(20)14(22)8-11/h2-5,8-9,15-16,24H,6-7,10H2,1H3/t15-,16-/m1/s1. The molecular formula is C19H18ClF2NO4. The predicted molar refractivity (Wildman–Crippen MR) is 95.3 cm³/mol. The number of piperidine rings is 1. The first-order valence-corrected chi connectivity index (χ1v) is 8.69. The molecule has 144 valence electrons. The zero-order valence-electron chi connectivity index (χ0n) is 14.5. The van der Waals surface area contributed by atoms with Gasteiger partial charge in [0.15, 0.2) is 11.5 Å². The minimum Gasteiger partial charge on any atom is -0.493 e. The van der Waals surface area contributed by atoms with Crippen LogP contribution in [-0.2, 0) is 0 Å². The number of aliphatic hydroxyl groups excluding tert-OH is 1. The molecule has 1 aliphatic heterocycles. The molecule has 2 aromatic rings. The van der Waals surface area contributed by atoms with Gasteiger partial charge in [0.25, 0.3) is 5.91 Å². The number of nitrogens with zero attached hydrogens (tertiary/aromatic N) is 1. The first-order valence-electron chi connectivity index (χ1n) is 8.31. The van der Waals surface area contributed by atoms with Gasteiger partial charge < -0.3 is 19.5 Å². The van der Waals surface area contributed by atoms with Gasteiger partial charge in [0.2, 0.25) is 0 Å². The minimum absolute atomic E-state index is 0.0251. The van der Waals surface area contributed by atoms with Crippen molar-refractivity contribution in [1.29, 1.82) is 0 Å². The fraction of sp³-hybridized carbons (Fsp3) is 0.316. The summed E-state index contributed by atoms with van der Waals surface area (Å²) in [4.78, 5) is 13.9. The lowest BCUT2D eigenvalue weighted by molar-refractivity contribution is -0.0207. The normalized spacial score (nSPS) is 19.7. The van der Waals surface area contributed by atoms with E-state index >= 15 is 0 Å². The van der Waals surface area contributed by atoms with Crippen LogP contribution < -0.4 is 9.47 Å². The molecule has 1 fully saturated rings. The Hall–Kier alpha value is -2.38. The molecule has 1 saturated heterocycles. The van der Waals surface area contributed by atoms with Crippen molar-refractivity contribution in [3.05, 3.63) is 58.6 Å². The van der Waals surface area contributed by atoms with E-state index in [1.54, 1.807) is 0 Å². The highest BCUT2D eigenvalue weighted by atomic mass is 35.5. The van der Waals surface area contributed by atoms with Gasteiger partial charge in [-0.1, -0.05) is 11.6 Å². The molecule has 0 aliphatic carbocycles. The third-order valence-electron chi connectivity index (χ3n) is 4.38. The van der Waals surface area contributed by atoms with Gasteiger partial charge in [-0.25, -0.2) is 8.78 Å². The number of aliphatic hydroxyl groups is 1. The number of ether oxygens (including phenoxy) is 2. The first kappa shape index (κ1) is 19.4. The molecule has 1 aliphatic rings. The fourth-order valence-electron chi connectivity index (χ4n) is 2.95. The molecule has 1 heterocycles. The molecule has 0 bridgehead atoms. The summed E-state index contributed by atoms with van der Waals surface area (Å²) in [5, 5.41) is 10.3. The van der Waals surface area contributed by atoms with E-state index in [9.17, 15) is 18.7 Å². The van der Waals surface area contributed by atoms with Crippen LogP contribution in [0.4, 0.5) is 8.78 Å². The number of hydrogen-bond acceptors (Lipinski definition) is 4. The van der Waals surface area contributed by atoms with Crippen LogP contribution in [0, 0.1) is 11.6 Å². The van der Waals surface area contributed by atoms with Crippen molar-refractivity contribution in [1.82, 2.24) is 4.90 Å².